The van der Waals surface area contributed by atoms with Gasteiger partial charge in [-0.1, -0.05) is 35.9 Å². The summed E-state index contributed by atoms with van der Waals surface area (Å²) in [6.45, 7) is 1.96. The maximum atomic E-state index is 13.0. The first-order chi connectivity index (χ1) is 12.6. The first-order valence-corrected chi connectivity index (χ1v) is 8.67. The number of halogens is 1. The largest absolute Gasteiger partial charge is 0.455 e. The molecule has 3 nitrogen and oxygen atoms in total. The van der Waals surface area contributed by atoms with Gasteiger partial charge in [-0.3, -0.25) is 0 Å². The summed E-state index contributed by atoms with van der Waals surface area (Å²) in [6.07, 6.45) is 5.90. The summed E-state index contributed by atoms with van der Waals surface area (Å²) in [5.41, 5.74) is 2.42. The zero-order chi connectivity index (χ0) is 18.8. The van der Waals surface area contributed by atoms with E-state index in [2.05, 4.69) is 6.07 Å². The lowest BCUT2D eigenvalue weighted by Crippen LogP contribution is -2.16. The molecule has 0 radical (unpaired) electrons. The van der Waals surface area contributed by atoms with E-state index in [4.69, 9.17) is 10.00 Å². The fourth-order valence-corrected chi connectivity index (χ4v) is 2.43. The normalized spacial score (nSPS) is 11.9. The van der Waals surface area contributed by atoms with Crippen molar-refractivity contribution in [1.29, 1.82) is 5.26 Å². The second-order valence-electron chi connectivity index (χ2n) is 6.12. The van der Waals surface area contributed by atoms with Gasteiger partial charge in [-0.2, -0.15) is 5.26 Å². The Bertz CT molecular complexity index is 773. The van der Waals surface area contributed by atoms with E-state index in [9.17, 15) is 9.18 Å². The number of carbonyl (C=O) groups excluding carboxylic acids is 1. The Kier molecular flexibility index (Phi) is 7.57. The second kappa shape index (κ2) is 10.1. The summed E-state index contributed by atoms with van der Waals surface area (Å²) in [4.78, 5) is 12.4. The molecular formula is C22H22FNO2. The van der Waals surface area contributed by atoms with E-state index in [1.807, 2.05) is 31.2 Å². The van der Waals surface area contributed by atoms with Gasteiger partial charge in [-0.05, 0) is 62.1 Å². The number of aryl methyl sites for hydroxylation is 1. The van der Waals surface area contributed by atoms with Crippen LogP contribution in [0, 0.1) is 24.1 Å². The summed E-state index contributed by atoms with van der Waals surface area (Å²) >= 11 is 0. The van der Waals surface area contributed by atoms with Crippen LogP contribution in [0.15, 0.2) is 54.6 Å². The number of benzene rings is 2. The molecule has 0 aliphatic heterocycles. The highest BCUT2D eigenvalue weighted by Gasteiger charge is 2.13. The van der Waals surface area contributed by atoms with E-state index in [0.717, 1.165) is 24.0 Å². The fourth-order valence-electron chi connectivity index (χ4n) is 2.43. The lowest BCUT2D eigenvalue weighted by atomic mass is 10.1. The van der Waals surface area contributed by atoms with Crippen molar-refractivity contribution in [2.24, 2.45) is 0 Å². The van der Waals surface area contributed by atoms with Crippen molar-refractivity contribution in [3.05, 3.63) is 77.1 Å². The molecule has 0 spiro atoms. The first kappa shape index (κ1) is 19.4. The molecule has 0 heterocycles. The van der Waals surface area contributed by atoms with E-state index in [1.54, 1.807) is 24.3 Å². The Morgan fingerprint density at radius 1 is 1.15 bits per heavy atom. The lowest BCUT2D eigenvalue weighted by Gasteiger charge is -2.14. The van der Waals surface area contributed by atoms with Gasteiger partial charge in [-0.25, -0.2) is 9.18 Å². The van der Waals surface area contributed by atoms with E-state index in [-0.39, 0.29) is 11.8 Å². The van der Waals surface area contributed by atoms with Crippen LogP contribution in [0.3, 0.4) is 0 Å². The van der Waals surface area contributed by atoms with Gasteiger partial charge in [0.05, 0.1) is 11.6 Å². The molecule has 0 fully saturated rings. The zero-order valence-corrected chi connectivity index (χ0v) is 14.8. The Morgan fingerprint density at radius 3 is 2.50 bits per heavy atom. The third-order valence-corrected chi connectivity index (χ3v) is 3.95. The number of esters is 1. The summed E-state index contributed by atoms with van der Waals surface area (Å²) in [5, 5.41) is 8.64. The maximum absolute atomic E-state index is 13.0. The molecule has 0 aliphatic carbocycles. The minimum absolute atomic E-state index is 0.291. The zero-order valence-electron chi connectivity index (χ0n) is 14.8. The van der Waals surface area contributed by atoms with E-state index in [0.29, 0.717) is 18.4 Å². The van der Waals surface area contributed by atoms with Crippen molar-refractivity contribution < 1.29 is 13.9 Å². The monoisotopic (exact) mass is 351 g/mol. The number of hydrogen-bond donors (Lipinski definition) is 0. The van der Waals surface area contributed by atoms with E-state index >= 15 is 0 Å². The highest BCUT2D eigenvalue weighted by atomic mass is 19.1. The molecule has 2 aromatic rings. The predicted octanol–water partition coefficient (Wildman–Crippen LogP) is 5.46. The average molecular weight is 351 g/mol. The summed E-state index contributed by atoms with van der Waals surface area (Å²) in [6, 6.07) is 15.5. The minimum atomic E-state index is -0.396. The molecule has 1 atom stereocenters. The fraction of sp³-hybridized carbons (Fsp3) is 0.273. The van der Waals surface area contributed by atoms with E-state index in [1.165, 1.54) is 12.1 Å². The van der Waals surface area contributed by atoms with Crippen LogP contribution in [0.1, 0.15) is 47.2 Å². The molecule has 0 N–H and O–H groups in total. The average Bonchev–Trinajstić information content (AvgIpc) is 2.64. The van der Waals surface area contributed by atoms with Crippen molar-refractivity contribution in [2.75, 3.05) is 0 Å². The number of hydrogen-bond acceptors (Lipinski definition) is 3. The molecule has 0 bridgehead atoms. The third-order valence-electron chi connectivity index (χ3n) is 3.95. The van der Waals surface area contributed by atoms with Crippen LogP contribution < -0.4 is 0 Å². The molecular weight excluding hydrogens is 329 g/mol. The van der Waals surface area contributed by atoms with Crippen LogP contribution in [0.4, 0.5) is 4.39 Å². The maximum Gasteiger partial charge on any atom is 0.338 e. The number of unbranched alkanes of at least 4 members (excludes halogenated alkanes) is 2. The number of ether oxygens (including phenoxy) is 1. The highest BCUT2D eigenvalue weighted by molar-refractivity contribution is 5.89. The van der Waals surface area contributed by atoms with Gasteiger partial charge in [-0.15, -0.1) is 0 Å². The number of carbonyl (C=O) groups is 1. The van der Waals surface area contributed by atoms with Crippen LogP contribution >= 0.6 is 0 Å². The van der Waals surface area contributed by atoms with Crippen LogP contribution in [-0.4, -0.2) is 12.1 Å². The van der Waals surface area contributed by atoms with Crippen molar-refractivity contribution in [1.82, 2.24) is 0 Å². The van der Waals surface area contributed by atoms with Gasteiger partial charge in [0, 0.05) is 6.42 Å². The first-order valence-electron chi connectivity index (χ1n) is 8.67. The molecule has 134 valence electrons. The lowest BCUT2D eigenvalue weighted by molar-refractivity contribution is 0.0378. The van der Waals surface area contributed by atoms with Crippen LogP contribution in [0.25, 0.3) is 6.08 Å². The molecule has 0 unspecified atom stereocenters. The van der Waals surface area contributed by atoms with Gasteiger partial charge in [0.15, 0.2) is 0 Å². The molecule has 0 amide bonds. The van der Waals surface area contributed by atoms with Crippen molar-refractivity contribution in [3.8, 4) is 6.07 Å². The molecule has 26 heavy (non-hydrogen) atoms. The number of nitriles is 1. The second-order valence-corrected chi connectivity index (χ2v) is 6.12. The Labute approximate surface area is 153 Å². The van der Waals surface area contributed by atoms with Gasteiger partial charge in [0.25, 0.3) is 0 Å². The highest BCUT2D eigenvalue weighted by Crippen LogP contribution is 2.14. The van der Waals surface area contributed by atoms with Gasteiger partial charge in [0.1, 0.15) is 11.9 Å². The van der Waals surface area contributed by atoms with Gasteiger partial charge < -0.3 is 4.74 Å². The van der Waals surface area contributed by atoms with Crippen LogP contribution in [-0.2, 0) is 4.74 Å². The molecule has 0 aromatic heterocycles. The smallest absolute Gasteiger partial charge is 0.338 e. The third kappa shape index (κ3) is 6.52. The Morgan fingerprint density at radius 2 is 1.85 bits per heavy atom. The van der Waals surface area contributed by atoms with Gasteiger partial charge in [0.2, 0.25) is 0 Å². The van der Waals surface area contributed by atoms with Gasteiger partial charge >= 0.3 is 5.97 Å². The van der Waals surface area contributed by atoms with Crippen molar-refractivity contribution >= 4 is 12.0 Å². The predicted molar refractivity (Wildman–Crippen MR) is 99.9 cm³/mol. The molecule has 0 saturated heterocycles. The quantitative estimate of drug-likeness (QED) is 0.469. The van der Waals surface area contributed by atoms with Crippen LogP contribution in [0.2, 0.25) is 0 Å². The van der Waals surface area contributed by atoms with Crippen LogP contribution in [0.5, 0.6) is 0 Å². The molecule has 0 saturated carbocycles. The van der Waals surface area contributed by atoms with Crippen molar-refractivity contribution in [2.45, 2.75) is 38.7 Å². The SMILES string of the molecule is Cc1ccc(C(=O)O[C@@H](/C=C/c2ccc(F)cc2)CCCCC#N)cc1. The van der Waals surface area contributed by atoms with E-state index < -0.39 is 6.10 Å². The standard InChI is InChI=1S/C22H22FNO2/c1-17-6-11-19(12-7-17)22(25)26-21(5-3-2-4-16-24)15-10-18-8-13-20(23)14-9-18/h6-15,21H,2-5H2,1H3/b15-10+/t21-/m1/s1. The Hall–Kier alpha value is -2.93. The summed E-state index contributed by atoms with van der Waals surface area (Å²) < 4.78 is 18.6. The molecule has 0 aliphatic rings. The molecule has 4 heteroatoms. The summed E-state index contributed by atoms with van der Waals surface area (Å²) in [7, 11) is 0. The number of nitrogens with zero attached hydrogens (tertiary/aromatic N) is 1. The minimum Gasteiger partial charge on any atom is -0.455 e. The number of rotatable bonds is 8. The van der Waals surface area contributed by atoms with Crippen molar-refractivity contribution in [3.63, 3.8) is 0 Å². The molecule has 2 rings (SSSR count). The summed E-state index contributed by atoms with van der Waals surface area (Å²) in [5.74, 6) is -0.667. The Balaban J connectivity index is 2.04. The molecule has 2 aromatic carbocycles. The topological polar surface area (TPSA) is 50.1 Å².